The summed E-state index contributed by atoms with van der Waals surface area (Å²) in [5.41, 5.74) is 8.14. The van der Waals surface area contributed by atoms with Crippen molar-refractivity contribution in [2.75, 3.05) is 36.8 Å². The zero-order valence-corrected chi connectivity index (χ0v) is 10.9. The standard InChI is InChI=1S/C14H18N4O/c15-10-1-4-12-13(9-10)19-14(16-12)18-7-5-17(6-8-18)11-2-3-11/h1,4,9,11H,2-3,5-8,15H2. The number of piperazine rings is 1. The van der Waals surface area contributed by atoms with Crippen LogP contribution in [0.3, 0.4) is 0 Å². The summed E-state index contributed by atoms with van der Waals surface area (Å²) in [6.07, 6.45) is 2.75. The molecule has 1 aliphatic carbocycles. The van der Waals surface area contributed by atoms with Crippen molar-refractivity contribution in [2.45, 2.75) is 18.9 Å². The van der Waals surface area contributed by atoms with Crippen LogP contribution in [0.5, 0.6) is 0 Å². The van der Waals surface area contributed by atoms with Crippen LogP contribution in [-0.4, -0.2) is 42.1 Å². The zero-order chi connectivity index (χ0) is 12.8. The monoisotopic (exact) mass is 258 g/mol. The molecule has 19 heavy (non-hydrogen) atoms. The van der Waals surface area contributed by atoms with Crippen LogP contribution in [-0.2, 0) is 0 Å². The van der Waals surface area contributed by atoms with E-state index < -0.39 is 0 Å². The topological polar surface area (TPSA) is 58.5 Å². The molecule has 0 spiro atoms. The molecular formula is C14H18N4O. The van der Waals surface area contributed by atoms with E-state index in [2.05, 4.69) is 14.8 Å². The molecule has 2 aliphatic rings. The molecule has 4 rings (SSSR count). The van der Waals surface area contributed by atoms with Gasteiger partial charge in [-0.15, -0.1) is 0 Å². The lowest BCUT2D eigenvalue weighted by Crippen LogP contribution is -2.47. The molecule has 0 radical (unpaired) electrons. The minimum absolute atomic E-state index is 0.716. The number of benzene rings is 1. The predicted octanol–water partition coefficient (Wildman–Crippen LogP) is 1.69. The van der Waals surface area contributed by atoms with Crippen molar-refractivity contribution in [1.82, 2.24) is 9.88 Å². The number of rotatable bonds is 2. The summed E-state index contributed by atoms with van der Waals surface area (Å²) in [6, 6.07) is 7.20. The number of fused-ring (bicyclic) bond motifs is 1. The van der Waals surface area contributed by atoms with Gasteiger partial charge in [0.2, 0.25) is 0 Å². The van der Waals surface area contributed by atoms with Crippen LogP contribution in [0.1, 0.15) is 12.8 Å². The van der Waals surface area contributed by atoms with Gasteiger partial charge in [0.25, 0.3) is 6.01 Å². The van der Waals surface area contributed by atoms with Crippen LogP contribution in [0, 0.1) is 0 Å². The molecule has 1 saturated heterocycles. The highest BCUT2D eigenvalue weighted by atomic mass is 16.4. The molecule has 1 aromatic carbocycles. The Hall–Kier alpha value is -1.75. The van der Waals surface area contributed by atoms with Crippen molar-refractivity contribution >= 4 is 22.8 Å². The summed E-state index contributed by atoms with van der Waals surface area (Å²) >= 11 is 0. The molecule has 5 nitrogen and oxygen atoms in total. The van der Waals surface area contributed by atoms with Gasteiger partial charge < -0.3 is 15.1 Å². The molecule has 2 N–H and O–H groups in total. The van der Waals surface area contributed by atoms with Gasteiger partial charge in [0, 0.05) is 44.0 Å². The van der Waals surface area contributed by atoms with Gasteiger partial charge in [-0.05, 0) is 25.0 Å². The van der Waals surface area contributed by atoms with Crippen molar-refractivity contribution in [2.24, 2.45) is 0 Å². The quantitative estimate of drug-likeness (QED) is 0.831. The lowest BCUT2D eigenvalue weighted by Gasteiger charge is -2.33. The van der Waals surface area contributed by atoms with E-state index in [9.17, 15) is 0 Å². The smallest absolute Gasteiger partial charge is 0.298 e. The number of hydrogen-bond donors (Lipinski definition) is 1. The van der Waals surface area contributed by atoms with E-state index >= 15 is 0 Å². The van der Waals surface area contributed by atoms with E-state index in [0.717, 1.165) is 49.3 Å². The first-order valence-electron chi connectivity index (χ1n) is 6.95. The second kappa shape index (κ2) is 4.13. The Kier molecular flexibility index (Phi) is 2.41. The predicted molar refractivity (Wildman–Crippen MR) is 75.2 cm³/mol. The van der Waals surface area contributed by atoms with Crippen LogP contribution in [0.2, 0.25) is 0 Å². The van der Waals surface area contributed by atoms with E-state index in [1.165, 1.54) is 12.8 Å². The van der Waals surface area contributed by atoms with Gasteiger partial charge in [-0.25, -0.2) is 0 Å². The van der Waals surface area contributed by atoms with Crippen molar-refractivity contribution in [3.8, 4) is 0 Å². The third-order valence-corrected chi connectivity index (χ3v) is 4.05. The lowest BCUT2D eigenvalue weighted by atomic mass is 10.3. The normalized spacial score (nSPS) is 21.2. The van der Waals surface area contributed by atoms with Gasteiger partial charge in [-0.1, -0.05) is 0 Å². The number of nitrogen functional groups attached to an aromatic ring is 1. The molecule has 0 unspecified atom stereocenters. The van der Waals surface area contributed by atoms with Crippen molar-refractivity contribution in [1.29, 1.82) is 0 Å². The average molecular weight is 258 g/mol. The number of anilines is 2. The second-order valence-corrected chi connectivity index (χ2v) is 5.48. The van der Waals surface area contributed by atoms with Gasteiger partial charge in [-0.3, -0.25) is 4.90 Å². The molecule has 1 aromatic heterocycles. The minimum atomic E-state index is 0.716. The summed E-state index contributed by atoms with van der Waals surface area (Å²) in [5, 5.41) is 0. The Labute approximate surface area is 112 Å². The molecule has 5 heteroatoms. The molecular weight excluding hydrogens is 240 g/mol. The number of oxazole rings is 1. The number of nitrogens with two attached hydrogens (primary N) is 1. The third kappa shape index (κ3) is 2.04. The SMILES string of the molecule is Nc1ccc2nc(N3CCN(C4CC4)CC3)oc2c1. The number of aromatic nitrogens is 1. The van der Waals surface area contributed by atoms with E-state index in [4.69, 9.17) is 10.2 Å². The van der Waals surface area contributed by atoms with Gasteiger partial charge >= 0.3 is 0 Å². The van der Waals surface area contributed by atoms with Crippen LogP contribution in [0.15, 0.2) is 22.6 Å². The van der Waals surface area contributed by atoms with Crippen molar-refractivity contribution < 1.29 is 4.42 Å². The van der Waals surface area contributed by atoms with Gasteiger partial charge in [0.15, 0.2) is 5.58 Å². The van der Waals surface area contributed by atoms with Gasteiger partial charge in [0.05, 0.1) is 0 Å². The highest BCUT2D eigenvalue weighted by Crippen LogP contribution is 2.29. The largest absolute Gasteiger partial charge is 0.423 e. The fraction of sp³-hybridized carbons (Fsp3) is 0.500. The van der Waals surface area contributed by atoms with Crippen LogP contribution < -0.4 is 10.6 Å². The molecule has 0 bridgehead atoms. The maximum Gasteiger partial charge on any atom is 0.298 e. The second-order valence-electron chi connectivity index (χ2n) is 5.48. The Morgan fingerprint density at radius 2 is 1.95 bits per heavy atom. The molecule has 1 saturated carbocycles. The average Bonchev–Trinajstić information content (AvgIpc) is 3.19. The van der Waals surface area contributed by atoms with Crippen LogP contribution in [0.4, 0.5) is 11.7 Å². The van der Waals surface area contributed by atoms with Crippen LogP contribution in [0.25, 0.3) is 11.1 Å². The number of nitrogens with zero attached hydrogens (tertiary/aromatic N) is 3. The molecule has 2 heterocycles. The van der Waals surface area contributed by atoms with E-state index in [1.807, 2.05) is 18.2 Å². The summed E-state index contributed by atoms with van der Waals surface area (Å²) < 4.78 is 5.82. The highest BCUT2D eigenvalue weighted by Gasteiger charge is 2.32. The maximum atomic E-state index is 5.82. The minimum Gasteiger partial charge on any atom is -0.423 e. The fourth-order valence-corrected chi connectivity index (χ4v) is 2.78. The van der Waals surface area contributed by atoms with Crippen molar-refractivity contribution in [3.63, 3.8) is 0 Å². The first kappa shape index (κ1) is 11.1. The Bertz CT molecular complexity index is 597. The number of hydrogen-bond acceptors (Lipinski definition) is 5. The zero-order valence-electron chi connectivity index (χ0n) is 10.9. The molecule has 0 atom stereocenters. The third-order valence-electron chi connectivity index (χ3n) is 4.05. The Balaban J connectivity index is 1.54. The molecule has 1 aliphatic heterocycles. The summed E-state index contributed by atoms with van der Waals surface area (Å²) in [5.74, 6) is 0. The van der Waals surface area contributed by atoms with Crippen molar-refractivity contribution in [3.05, 3.63) is 18.2 Å². The van der Waals surface area contributed by atoms with E-state index in [0.29, 0.717) is 5.69 Å². The maximum absolute atomic E-state index is 5.82. The first-order valence-corrected chi connectivity index (χ1v) is 6.95. The van der Waals surface area contributed by atoms with Gasteiger partial charge in [-0.2, -0.15) is 4.98 Å². The molecule has 2 aromatic rings. The van der Waals surface area contributed by atoms with Gasteiger partial charge in [0.1, 0.15) is 5.52 Å². The molecule has 100 valence electrons. The molecule has 0 amide bonds. The Morgan fingerprint density at radius 1 is 1.16 bits per heavy atom. The summed E-state index contributed by atoms with van der Waals surface area (Å²) in [7, 11) is 0. The first-order chi connectivity index (χ1) is 9.29. The van der Waals surface area contributed by atoms with Crippen LogP contribution >= 0.6 is 0 Å². The van der Waals surface area contributed by atoms with E-state index in [-0.39, 0.29) is 0 Å². The fourth-order valence-electron chi connectivity index (χ4n) is 2.78. The molecule has 2 fully saturated rings. The Morgan fingerprint density at radius 3 is 2.68 bits per heavy atom. The highest BCUT2D eigenvalue weighted by molar-refractivity contribution is 5.78. The lowest BCUT2D eigenvalue weighted by molar-refractivity contribution is 0.244. The summed E-state index contributed by atoms with van der Waals surface area (Å²) in [4.78, 5) is 9.36. The summed E-state index contributed by atoms with van der Waals surface area (Å²) in [6.45, 7) is 4.23. The van der Waals surface area contributed by atoms with E-state index in [1.54, 1.807) is 0 Å².